The molecule has 2 aromatic rings. The molecule has 0 aliphatic carbocycles. The molecule has 0 spiro atoms. The fourth-order valence-electron chi connectivity index (χ4n) is 3.87. The van der Waals surface area contributed by atoms with Crippen LogP contribution in [-0.4, -0.2) is 36.2 Å². The predicted molar refractivity (Wildman–Crippen MR) is 100 cm³/mol. The molecule has 4 rings (SSSR count). The van der Waals surface area contributed by atoms with Crippen molar-refractivity contribution in [2.75, 3.05) is 13.2 Å². The highest BCUT2D eigenvalue weighted by Crippen LogP contribution is 2.39. The molecule has 28 heavy (non-hydrogen) atoms. The lowest BCUT2D eigenvalue weighted by atomic mass is 9.89. The summed E-state index contributed by atoms with van der Waals surface area (Å²) in [6.45, 7) is 4.97. The number of rotatable bonds is 5. The Morgan fingerprint density at radius 3 is 2.68 bits per heavy atom. The Morgan fingerprint density at radius 1 is 1.14 bits per heavy atom. The predicted octanol–water partition coefficient (Wildman–Crippen LogP) is 4.09. The number of carbonyl (C=O) groups is 1. The summed E-state index contributed by atoms with van der Waals surface area (Å²) >= 11 is 0. The fraction of sp³-hybridized carbons (Fsp3) is 0.409. The average molecular weight is 387 g/mol. The van der Waals surface area contributed by atoms with Crippen molar-refractivity contribution < 1.29 is 23.0 Å². The van der Waals surface area contributed by atoms with Crippen LogP contribution in [0, 0.1) is 25.5 Å². The summed E-state index contributed by atoms with van der Waals surface area (Å²) < 4.78 is 39.0. The lowest BCUT2D eigenvalue weighted by molar-refractivity contribution is -0.167. The highest BCUT2D eigenvalue weighted by molar-refractivity contribution is 5.89. The van der Waals surface area contributed by atoms with Crippen LogP contribution in [0.15, 0.2) is 36.4 Å². The first-order valence-corrected chi connectivity index (χ1v) is 9.55. The third-order valence-electron chi connectivity index (χ3n) is 5.46. The average Bonchev–Trinajstić information content (AvgIpc) is 3.19. The number of carbonyl (C=O) groups excluding carboxylic acids is 1. The minimum atomic E-state index is -0.931. The van der Waals surface area contributed by atoms with Gasteiger partial charge >= 0.3 is 0 Å². The SMILES string of the molecule is Cc1ccc(C)c(OC2C(=O)N(CC3CCCO3)C2c2ccc(F)c(F)c2)c1. The van der Waals surface area contributed by atoms with E-state index in [1.807, 2.05) is 32.0 Å². The zero-order chi connectivity index (χ0) is 19.8. The number of hydrogen-bond acceptors (Lipinski definition) is 3. The summed E-state index contributed by atoms with van der Waals surface area (Å²) in [4.78, 5) is 14.5. The second kappa shape index (κ2) is 7.51. The number of hydrogen-bond donors (Lipinski definition) is 0. The van der Waals surface area contributed by atoms with Crippen LogP contribution in [0.3, 0.4) is 0 Å². The molecule has 3 unspecified atom stereocenters. The molecule has 0 N–H and O–H groups in total. The Labute approximate surface area is 163 Å². The van der Waals surface area contributed by atoms with Crippen molar-refractivity contribution in [3.63, 3.8) is 0 Å². The van der Waals surface area contributed by atoms with E-state index in [-0.39, 0.29) is 12.0 Å². The van der Waals surface area contributed by atoms with E-state index in [1.54, 1.807) is 4.90 Å². The quantitative estimate of drug-likeness (QED) is 0.726. The van der Waals surface area contributed by atoms with E-state index < -0.39 is 23.8 Å². The third kappa shape index (κ3) is 3.49. The van der Waals surface area contributed by atoms with Crippen LogP contribution in [0.5, 0.6) is 5.75 Å². The number of β-lactam (4-membered cyclic amide) rings is 1. The Hall–Kier alpha value is -2.47. The maximum absolute atomic E-state index is 13.9. The lowest BCUT2D eigenvalue weighted by Crippen LogP contribution is -2.62. The first kappa shape index (κ1) is 18.9. The highest BCUT2D eigenvalue weighted by atomic mass is 19.2. The van der Waals surface area contributed by atoms with Gasteiger partial charge in [0, 0.05) is 13.2 Å². The standard InChI is InChI=1S/C22H23F2NO3/c1-13-5-6-14(2)19(10-13)28-21-20(15-7-8-17(23)18(24)11-15)25(22(21)26)12-16-4-3-9-27-16/h5-8,10-11,16,20-21H,3-4,9,12H2,1-2H3. The molecule has 6 heteroatoms. The number of halogens is 2. The molecule has 0 radical (unpaired) electrons. The highest BCUT2D eigenvalue weighted by Gasteiger charge is 2.51. The molecular weight excluding hydrogens is 364 g/mol. The first-order chi connectivity index (χ1) is 13.4. The molecule has 0 aromatic heterocycles. The smallest absolute Gasteiger partial charge is 0.266 e. The van der Waals surface area contributed by atoms with Gasteiger partial charge in [0.25, 0.3) is 5.91 Å². The van der Waals surface area contributed by atoms with E-state index in [2.05, 4.69) is 0 Å². The van der Waals surface area contributed by atoms with E-state index in [1.165, 1.54) is 6.07 Å². The zero-order valence-electron chi connectivity index (χ0n) is 16.0. The molecule has 2 heterocycles. The monoisotopic (exact) mass is 387 g/mol. The van der Waals surface area contributed by atoms with Gasteiger partial charge in [-0.2, -0.15) is 0 Å². The van der Waals surface area contributed by atoms with Crippen molar-refractivity contribution in [2.45, 2.75) is 44.9 Å². The Kier molecular flexibility index (Phi) is 5.06. The summed E-state index contributed by atoms with van der Waals surface area (Å²) in [6.07, 6.45) is 1.05. The molecule has 0 bridgehead atoms. The van der Waals surface area contributed by atoms with E-state index in [0.29, 0.717) is 24.5 Å². The molecule has 2 aliphatic rings. The van der Waals surface area contributed by atoms with Gasteiger partial charge in [-0.3, -0.25) is 4.79 Å². The number of ether oxygens (including phenoxy) is 2. The molecular formula is C22H23F2NO3. The number of benzene rings is 2. The summed E-state index contributed by atoms with van der Waals surface area (Å²) in [5.74, 6) is -1.37. The van der Waals surface area contributed by atoms with Crippen molar-refractivity contribution >= 4 is 5.91 Å². The number of nitrogens with zero attached hydrogens (tertiary/aromatic N) is 1. The van der Waals surface area contributed by atoms with E-state index in [9.17, 15) is 13.6 Å². The maximum atomic E-state index is 13.9. The normalized spacial score (nSPS) is 24.4. The summed E-state index contributed by atoms with van der Waals surface area (Å²) in [6, 6.07) is 9.06. The van der Waals surface area contributed by atoms with Crippen LogP contribution in [-0.2, 0) is 9.53 Å². The van der Waals surface area contributed by atoms with Gasteiger partial charge in [0.2, 0.25) is 6.10 Å². The molecule has 3 atom stereocenters. The van der Waals surface area contributed by atoms with E-state index in [0.717, 1.165) is 36.1 Å². The van der Waals surface area contributed by atoms with Gasteiger partial charge in [0.15, 0.2) is 11.6 Å². The van der Waals surface area contributed by atoms with Crippen molar-refractivity contribution in [1.29, 1.82) is 0 Å². The van der Waals surface area contributed by atoms with Crippen LogP contribution in [0.1, 0.15) is 35.6 Å². The van der Waals surface area contributed by atoms with Crippen LogP contribution < -0.4 is 4.74 Å². The van der Waals surface area contributed by atoms with Crippen molar-refractivity contribution in [1.82, 2.24) is 4.90 Å². The van der Waals surface area contributed by atoms with Gasteiger partial charge in [-0.1, -0.05) is 18.2 Å². The number of aryl methyl sites for hydroxylation is 2. The summed E-state index contributed by atoms with van der Waals surface area (Å²) in [5.41, 5.74) is 2.46. The Morgan fingerprint density at radius 2 is 1.96 bits per heavy atom. The topological polar surface area (TPSA) is 38.8 Å². The molecule has 1 amide bonds. The Balaban J connectivity index is 1.62. The van der Waals surface area contributed by atoms with Crippen LogP contribution in [0.2, 0.25) is 0 Å². The third-order valence-corrected chi connectivity index (χ3v) is 5.46. The van der Waals surface area contributed by atoms with Gasteiger partial charge in [-0.05, 0) is 61.6 Å². The van der Waals surface area contributed by atoms with Gasteiger partial charge < -0.3 is 14.4 Å². The van der Waals surface area contributed by atoms with E-state index in [4.69, 9.17) is 9.47 Å². The second-order valence-electron chi connectivity index (χ2n) is 7.55. The zero-order valence-corrected chi connectivity index (χ0v) is 16.0. The number of amides is 1. The van der Waals surface area contributed by atoms with Crippen molar-refractivity contribution in [2.24, 2.45) is 0 Å². The molecule has 2 aliphatic heterocycles. The summed E-state index contributed by atoms with van der Waals surface area (Å²) in [5, 5.41) is 0. The maximum Gasteiger partial charge on any atom is 0.266 e. The minimum absolute atomic E-state index is 0.0293. The minimum Gasteiger partial charge on any atom is -0.478 e. The molecule has 148 valence electrons. The lowest BCUT2D eigenvalue weighted by Gasteiger charge is -2.47. The molecule has 4 nitrogen and oxygen atoms in total. The first-order valence-electron chi connectivity index (χ1n) is 9.55. The van der Waals surface area contributed by atoms with Crippen LogP contribution in [0.25, 0.3) is 0 Å². The molecule has 2 saturated heterocycles. The van der Waals surface area contributed by atoms with Crippen LogP contribution in [0.4, 0.5) is 8.78 Å². The molecule has 0 saturated carbocycles. The largest absolute Gasteiger partial charge is 0.478 e. The molecule has 2 aromatic carbocycles. The molecule has 2 fully saturated rings. The van der Waals surface area contributed by atoms with Gasteiger partial charge in [0.1, 0.15) is 11.8 Å². The summed E-state index contributed by atoms with van der Waals surface area (Å²) in [7, 11) is 0. The number of likely N-dealkylation sites (tertiary alicyclic amines) is 1. The second-order valence-corrected chi connectivity index (χ2v) is 7.55. The fourth-order valence-corrected chi connectivity index (χ4v) is 3.87. The van der Waals surface area contributed by atoms with Gasteiger partial charge in [0.05, 0.1) is 6.10 Å². The van der Waals surface area contributed by atoms with Gasteiger partial charge in [-0.15, -0.1) is 0 Å². The van der Waals surface area contributed by atoms with Crippen molar-refractivity contribution in [3.05, 3.63) is 64.7 Å². The van der Waals surface area contributed by atoms with Crippen molar-refractivity contribution in [3.8, 4) is 5.75 Å². The van der Waals surface area contributed by atoms with Crippen LogP contribution >= 0.6 is 0 Å². The Bertz CT molecular complexity index is 895. The van der Waals surface area contributed by atoms with Gasteiger partial charge in [-0.25, -0.2) is 8.78 Å². The van der Waals surface area contributed by atoms with E-state index >= 15 is 0 Å².